The summed E-state index contributed by atoms with van der Waals surface area (Å²) in [5.74, 6) is 0.403. The molecule has 35 heteroatoms. The number of piperidine rings is 2. The number of likely N-dealkylation sites (tertiary alicyclic amines) is 1. The lowest BCUT2D eigenvalue weighted by molar-refractivity contribution is -0.112. The summed E-state index contributed by atoms with van der Waals surface area (Å²) in [7, 11) is 9.01. The number of piperazine rings is 1. The van der Waals surface area contributed by atoms with E-state index in [0.29, 0.717) is 161 Å². The summed E-state index contributed by atoms with van der Waals surface area (Å²) < 4.78 is 93.2. The van der Waals surface area contributed by atoms with Crippen molar-refractivity contribution >= 4 is 92.3 Å². The first-order chi connectivity index (χ1) is 62.5. The van der Waals surface area contributed by atoms with Crippen molar-refractivity contribution in [2.45, 2.75) is 114 Å². The third kappa shape index (κ3) is 21.9. The Kier molecular flexibility index (Phi) is 29.4. The number of hydroxylamine groups is 3. The number of halogens is 5. The molecule has 5 atom stereocenters. The maximum atomic E-state index is 14.2. The van der Waals surface area contributed by atoms with Crippen LogP contribution >= 0.6 is 0 Å². The van der Waals surface area contributed by atoms with Gasteiger partial charge in [-0.25, -0.2) is 67.0 Å². The molecule has 0 spiro atoms. The van der Waals surface area contributed by atoms with E-state index in [1.54, 1.807) is 55.7 Å². The highest BCUT2D eigenvalue weighted by Crippen LogP contribution is 2.46. The number of nitrogens with zero attached hydrogens (tertiary/aromatic N) is 15. The number of aryl methyl sites for hydroxylation is 1. The number of methoxy groups -OCH3 is 3. The second-order valence-electron chi connectivity index (χ2n) is 32.9. The van der Waals surface area contributed by atoms with E-state index in [-0.39, 0.29) is 29.6 Å². The number of hydrogen-bond donors (Lipinski definition) is 5. The molecule has 2 bridgehead atoms. The average molecular weight is 1770 g/mol. The summed E-state index contributed by atoms with van der Waals surface area (Å²) >= 11 is 0. The number of carbonyl (C=O) groups excluding carboxylic acids is 3. The fraction of sp³-hybridized carbons (Fsp3) is 0.394. The molecular weight excluding hydrogens is 1660 g/mol. The van der Waals surface area contributed by atoms with Crippen LogP contribution in [-0.2, 0) is 40.1 Å². The van der Waals surface area contributed by atoms with Crippen LogP contribution in [0, 0.1) is 36.0 Å². The highest BCUT2D eigenvalue weighted by Gasteiger charge is 2.44. The number of fused-ring (bicyclic) bond motifs is 2. The standard InChI is InChI=1S/C34H38F2N6O4.C30H35F2N7O3.C30H36FN7O3/c1-3-34(43)39-29-13-22(32(44-2)17-31(29)40-7-4-26(5-8-40)41-18-28-16-27(41)19-45-28)12-25-15-33(38-20-37-25)42-30(6-9-46-42)21-10-23(35)14-24(36)11-21;1-5-30(40)36-23-15-24(27(41-4)16-26(23)38-9-6-22(7-10-38)37(2)3)35-28-17-29(34-18-33-28)39-25(8-11-42-39)19-12-20(31)14-21(32)13-19;1-5-30(39)35-23-16-24(27(40-4)17-26(23)37-10-8-36(6-2)9-11-37)34-28-18-29(33-19-32-28)38-25(7-12-41-38)21-13-20(3)14-22(31)15-21/h3,10-11,13-15,17,20,26-28,30H,1,4-9,12,16,18-19H2,2H3,(H,39,43);5,12-18,22,25H,1,6-11H2,2-4H3,(H,36,40)(H,33,34,35);5,13-19,25H,1,6-12H2,2-4H3,(H,35,39)(H,32,33,34)/t27-,28-,30+;2*25-/m011/s1. The van der Waals surface area contributed by atoms with Crippen molar-refractivity contribution < 1.29 is 69.8 Å². The van der Waals surface area contributed by atoms with Gasteiger partial charge in [0, 0.05) is 157 Å². The van der Waals surface area contributed by atoms with Gasteiger partial charge in [-0.1, -0.05) is 32.7 Å². The van der Waals surface area contributed by atoms with E-state index in [0.717, 1.165) is 150 Å². The van der Waals surface area contributed by atoms with E-state index < -0.39 is 35.4 Å². The molecule has 11 heterocycles. The molecule has 129 heavy (non-hydrogen) atoms. The van der Waals surface area contributed by atoms with Crippen molar-refractivity contribution in [3.8, 4) is 17.2 Å². The number of likely N-dealkylation sites (N-methyl/N-ethyl adjacent to an activating group) is 1. The van der Waals surface area contributed by atoms with Crippen molar-refractivity contribution in [1.29, 1.82) is 0 Å². The Morgan fingerprint density at radius 2 is 0.891 bits per heavy atom. The smallest absolute Gasteiger partial charge is 0.247 e. The van der Waals surface area contributed by atoms with Crippen LogP contribution < -0.4 is 70.7 Å². The molecule has 8 aliphatic rings. The molecule has 6 aromatic carbocycles. The van der Waals surface area contributed by atoms with Gasteiger partial charge < -0.3 is 70.0 Å². The minimum Gasteiger partial charge on any atom is -0.496 e. The second kappa shape index (κ2) is 41.6. The van der Waals surface area contributed by atoms with Gasteiger partial charge in [0.2, 0.25) is 17.7 Å². The Bertz CT molecular complexity index is 5470. The second-order valence-corrected chi connectivity index (χ2v) is 32.9. The fourth-order valence-electron chi connectivity index (χ4n) is 18.1. The maximum Gasteiger partial charge on any atom is 0.247 e. The van der Waals surface area contributed by atoms with Crippen molar-refractivity contribution in [1.82, 2.24) is 44.6 Å². The molecule has 30 nitrogen and oxygen atoms in total. The SMILES string of the molecule is C=CC(=O)Nc1cc(Cc2cc(N3OCC[C@@H]3c3cc(F)cc(F)c3)ncn2)c(OC)cc1N1CCC(N2C[C@@H]3C[C@H]2CO3)CC1.C=CC(=O)Nc1cc(Nc2cc(N3OCC[C@@H]3c3cc(C)cc(F)c3)ncn2)c(OC)cc1N1CCN(CC)CC1.C=CC(=O)Nc1cc(Nc2cc(N3OCC[C@@H]3c3cc(F)cc(F)c3)ncn2)c(OC)cc1N1CCC(N(C)C)CC1. The minimum absolute atomic E-state index is 0.185. The molecule has 9 aromatic rings. The number of carbonyl (C=O) groups is 3. The molecule has 3 amide bonds. The first kappa shape index (κ1) is 91.1. The van der Waals surface area contributed by atoms with Crippen molar-refractivity contribution in [3.05, 3.63) is 229 Å². The lowest BCUT2D eigenvalue weighted by Crippen LogP contribution is -2.49. The maximum absolute atomic E-state index is 14.2. The van der Waals surface area contributed by atoms with Gasteiger partial charge in [0.05, 0.1) is 123 Å². The summed E-state index contributed by atoms with van der Waals surface area (Å²) in [6, 6.07) is 29.1. The van der Waals surface area contributed by atoms with Crippen LogP contribution in [0.3, 0.4) is 0 Å². The molecule has 680 valence electrons. The molecule has 3 aromatic heterocycles. The predicted octanol–water partition coefficient (Wildman–Crippen LogP) is 14.7. The number of morpholine rings is 1. The Hall–Kier alpha value is -12.6. The molecule has 0 saturated carbocycles. The van der Waals surface area contributed by atoms with Gasteiger partial charge in [-0.3, -0.25) is 33.8 Å². The monoisotopic (exact) mass is 1770 g/mol. The molecule has 8 aliphatic heterocycles. The molecule has 5 N–H and O–H groups in total. The largest absolute Gasteiger partial charge is 0.496 e. The average Bonchev–Trinajstić information content (AvgIpc) is 1.75. The van der Waals surface area contributed by atoms with Crippen LogP contribution in [0.25, 0.3) is 0 Å². The Balaban J connectivity index is 0.000000149. The van der Waals surface area contributed by atoms with Crippen molar-refractivity contribution in [2.24, 2.45) is 0 Å². The lowest BCUT2D eigenvalue weighted by atomic mass is 9.99. The number of rotatable bonds is 27. The molecule has 0 aliphatic carbocycles. The zero-order chi connectivity index (χ0) is 90.5. The normalized spacial score (nSPS) is 19.5. The van der Waals surface area contributed by atoms with Crippen LogP contribution in [0.4, 0.5) is 96.5 Å². The highest BCUT2D eigenvalue weighted by atomic mass is 19.1. The van der Waals surface area contributed by atoms with Crippen LogP contribution in [0.1, 0.15) is 110 Å². The predicted molar refractivity (Wildman–Crippen MR) is 485 cm³/mol. The number of benzene rings is 6. The van der Waals surface area contributed by atoms with Crippen LogP contribution in [0.2, 0.25) is 0 Å². The van der Waals surface area contributed by atoms with E-state index in [9.17, 15) is 36.3 Å². The Labute approximate surface area is 746 Å². The molecule has 0 radical (unpaired) electrons. The van der Waals surface area contributed by atoms with E-state index in [2.05, 4.69) is 127 Å². The third-order valence-corrected chi connectivity index (χ3v) is 24.6. The Morgan fingerprint density at radius 3 is 1.31 bits per heavy atom. The van der Waals surface area contributed by atoms with Gasteiger partial charge in [-0.2, -0.15) is 0 Å². The third-order valence-electron chi connectivity index (χ3n) is 24.6. The zero-order valence-electron chi connectivity index (χ0n) is 73.5. The van der Waals surface area contributed by atoms with Crippen LogP contribution in [0.15, 0.2) is 166 Å². The summed E-state index contributed by atoms with van der Waals surface area (Å²) in [5.41, 5.74) is 9.85. The summed E-state index contributed by atoms with van der Waals surface area (Å²) in [6.45, 7) is 25.9. The van der Waals surface area contributed by atoms with Crippen molar-refractivity contribution in [2.75, 3.05) is 184 Å². The van der Waals surface area contributed by atoms with Crippen molar-refractivity contribution in [3.63, 3.8) is 0 Å². The number of amides is 3. The van der Waals surface area contributed by atoms with Crippen LogP contribution in [-0.4, -0.2) is 214 Å². The number of ether oxygens (including phenoxy) is 4. The molecular formula is C94H109F5N20O10. The first-order valence-electron chi connectivity index (χ1n) is 43.4. The molecule has 8 saturated heterocycles. The van der Waals surface area contributed by atoms with E-state index in [1.165, 1.54) is 78.7 Å². The van der Waals surface area contributed by atoms with Gasteiger partial charge in [0.1, 0.15) is 77.0 Å². The molecule has 0 unspecified atom stereocenters. The number of anilines is 13. The highest BCUT2D eigenvalue weighted by molar-refractivity contribution is 6.04. The number of aromatic nitrogens is 6. The number of nitrogens with one attached hydrogen (secondary N) is 5. The van der Waals surface area contributed by atoms with Crippen LogP contribution in [0.5, 0.6) is 17.2 Å². The fourth-order valence-corrected chi connectivity index (χ4v) is 18.1. The van der Waals surface area contributed by atoms with Gasteiger partial charge >= 0.3 is 0 Å². The van der Waals surface area contributed by atoms with E-state index in [4.69, 9.17) is 33.5 Å². The van der Waals surface area contributed by atoms with Gasteiger partial charge in [0.15, 0.2) is 17.5 Å². The topological polar surface area (TPSA) is 282 Å². The quantitative estimate of drug-likeness (QED) is 0.0236. The van der Waals surface area contributed by atoms with Gasteiger partial charge in [0.25, 0.3) is 0 Å². The van der Waals surface area contributed by atoms with Gasteiger partial charge in [-0.15, -0.1) is 0 Å². The summed E-state index contributed by atoms with van der Waals surface area (Å²) in [5, 5.41) is 20.3. The Morgan fingerprint density at radius 1 is 0.473 bits per heavy atom. The van der Waals surface area contributed by atoms with Gasteiger partial charge in [-0.05, 0) is 155 Å². The molecule has 8 fully saturated rings. The summed E-state index contributed by atoms with van der Waals surface area (Å²) in [4.78, 5) is 95.3. The molecule has 17 rings (SSSR count). The number of hydrogen-bond acceptors (Lipinski definition) is 27. The minimum atomic E-state index is -0.654. The summed E-state index contributed by atoms with van der Waals surface area (Å²) in [6.07, 6.45) is 15.8. The van der Waals surface area contributed by atoms with E-state index in [1.807, 2.05) is 43.3 Å². The van der Waals surface area contributed by atoms with E-state index >= 15 is 0 Å². The zero-order valence-corrected chi connectivity index (χ0v) is 73.5. The first-order valence-corrected chi connectivity index (χ1v) is 43.4. The lowest BCUT2D eigenvalue weighted by Gasteiger charge is -2.41.